The van der Waals surface area contributed by atoms with E-state index >= 15 is 0 Å². The first kappa shape index (κ1) is 20.9. The Hall–Kier alpha value is -4.34. The van der Waals surface area contributed by atoms with Crippen LogP contribution in [0, 0.1) is 23.7 Å². The Morgan fingerprint density at radius 3 is 1.50 bits per heavy atom. The molecule has 0 heterocycles. The molecule has 3 heteroatoms. The average Bonchev–Trinajstić information content (AvgIpc) is 2.85. The molecule has 0 aliphatic heterocycles. The molecule has 4 rings (SSSR count). The van der Waals surface area contributed by atoms with Crippen LogP contribution >= 0.6 is 0 Å². The Labute approximate surface area is 188 Å². The molecule has 0 unspecified atom stereocenters. The second-order valence-corrected chi connectivity index (χ2v) is 7.11. The Morgan fingerprint density at radius 2 is 0.938 bits per heavy atom. The number of rotatable bonds is 3. The normalized spacial score (nSPS) is 9.84. The van der Waals surface area contributed by atoms with E-state index in [-0.39, 0.29) is 0 Å². The van der Waals surface area contributed by atoms with Crippen LogP contribution in [-0.2, 0) is 0 Å². The molecule has 0 amide bonds. The zero-order chi connectivity index (χ0) is 22.3. The first-order valence-electron chi connectivity index (χ1n) is 10.1. The maximum absolute atomic E-state index is 5.32. The van der Waals surface area contributed by atoms with Gasteiger partial charge in [-0.15, -0.1) is 0 Å². The largest absolute Gasteiger partial charge is 0.497 e. The fourth-order valence-electron chi connectivity index (χ4n) is 3.27. The molecule has 3 nitrogen and oxygen atoms in total. The van der Waals surface area contributed by atoms with Crippen LogP contribution in [0.25, 0.3) is 10.8 Å². The minimum absolute atomic E-state index is 0.714. The monoisotopic (exact) mass is 418 g/mol. The third-order valence-electron chi connectivity index (χ3n) is 4.96. The maximum atomic E-state index is 5.32. The SMILES string of the molecule is COc1cccc(C#Cc2ccc3ccc(C#Cc4cc(OC)cc(OC)c4)cc3c2)c1. The quantitative estimate of drug-likeness (QED) is 0.402. The van der Waals surface area contributed by atoms with E-state index in [4.69, 9.17) is 14.2 Å². The standard InChI is InChI=1S/C29H22O3/c1-30-27-6-4-5-21(17-27)7-8-22-11-13-25-14-12-23(16-26(25)15-22)9-10-24-18-28(31-2)20-29(19-24)32-3/h4-6,11-20H,1-3H3. The molecule has 0 atom stereocenters. The highest BCUT2D eigenvalue weighted by Crippen LogP contribution is 2.22. The highest BCUT2D eigenvalue weighted by molar-refractivity contribution is 5.85. The Balaban J connectivity index is 1.63. The van der Waals surface area contributed by atoms with Gasteiger partial charge >= 0.3 is 0 Å². The molecule has 0 spiro atoms. The fraction of sp³-hybridized carbons (Fsp3) is 0.103. The van der Waals surface area contributed by atoms with E-state index in [1.54, 1.807) is 21.3 Å². The Morgan fingerprint density at radius 1 is 0.438 bits per heavy atom. The third kappa shape index (κ3) is 5.04. The molecule has 0 saturated carbocycles. The van der Waals surface area contributed by atoms with Crippen molar-refractivity contribution in [3.8, 4) is 40.9 Å². The predicted octanol–water partition coefficient (Wildman–Crippen LogP) is 5.67. The van der Waals surface area contributed by atoms with Gasteiger partial charge in [-0.3, -0.25) is 0 Å². The van der Waals surface area contributed by atoms with Crippen LogP contribution in [0.4, 0.5) is 0 Å². The van der Waals surface area contributed by atoms with Crippen LogP contribution < -0.4 is 14.2 Å². The summed E-state index contributed by atoms with van der Waals surface area (Å²) in [5.74, 6) is 15.1. The minimum Gasteiger partial charge on any atom is -0.497 e. The van der Waals surface area contributed by atoms with Crippen LogP contribution in [0.15, 0.2) is 78.9 Å². The summed E-state index contributed by atoms with van der Waals surface area (Å²) in [7, 11) is 4.91. The van der Waals surface area contributed by atoms with Crippen molar-refractivity contribution in [2.75, 3.05) is 21.3 Å². The van der Waals surface area contributed by atoms with Gasteiger partial charge in [0.2, 0.25) is 0 Å². The van der Waals surface area contributed by atoms with Gasteiger partial charge in [0.1, 0.15) is 17.2 Å². The van der Waals surface area contributed by atoms with Crippen molar-refractivity contribution < 1.29 is 14.2 Å². The van der Waals surface area contributed by atoms with Crippen molar-refractivity contribution in [1.82, 2.24) is 0 Å². The van der Waals surface area contributed by atoms with E-state index in [2.05, 4.69) is 47.9 Å². The smallest absolute Gasteiger partial charge is 0.123 e. The van der Waals surface area contributed by atoms with Gasteiger partial charge in [-0.1, -0.05) is 41.9 Å². The fourth-order valence-corrected chi connectivity index (χ4v) is 3.27. The second-order valence-electron chi connectivity index (χ2n) is 7.11. The molecule has 0 radical (unpaired) electrons. The molecule has 0 aliphatic rings. The molecule has 4 aromatic rings. The number of hydrogen-bond donors (Lipinski definition) is 0. The summed E-state index contributed by atoms with van der Waals surface area (Å²) in [6.07, 6.45) is 0. The van der Waals surface area contributed by atoms with Crippen LogP contribution in [0.3, 0.4) is 0 Å². The van der Waals surface area contributed by atoms with Gasteiger partial charge in [0.05, 0.1) is 21.3 Å². The lowest BCUT2D eigenvalue weighted by molar-refractivity contribution is 0.394. The van der Waals surface area contributed by atoms with E-state index in [9.17, 15) is 0 Å². The van der Waals surface area contributed by atoms with Gasteiger partial charge in [-0.25, -0.2) is 0 Å². The molecule has 0 aromatic heterocycles. The zero-order valence-electron chi connectivity index (χ0n) is 18.2. The van der Waals surface area contributed by atoms with Crippen LogP contribution in [0.5, 0.6) is 17.2 Å². The molecule has 4 aromatic carbocycles. The molecular formula is C29H22O3. The first-order valence-corrected chi connectivity index (χ1v) is 10.1. The Kier molecular flexibility index (Phi) is 6.30. The van der Waals surface area contributed by atoms with Crippen LogP contribution in [-0.4, -0.2) is 21.3 Å². The summed E-state index contributed by atoms with van der Waals surface area (Å²) in [5.41, 5.74) is 3.62. The second kappa shape index (κ2) is 9.65. The summed E-state index contributed by atoms with van der Waals surface area (Å²) >= 11 is 0. The molecule has 0 bridgehead atoms. The van der Waals surface area contributed by atoms with Gasteiger partial charge < -0.3 is 14.2 Å². The predicted molar refractivity (Wildman–Crippen MR) is 128 cm³/mol. The molecular weight excluding hydrogens is 396 g/mol. The summed E-state index contributed by atoms with van der Waals surface area (Å²) in [4.78, 5) is 0. The van der Waals surface area contributed by atoms with Gasteiger partial charge in [0.15, 0.2) is 0 Å². The van der Waals surface area contributed by atoms with Gasteiger partial charge in [-0.2, -0.15) is 0 Å². The highest BCUT2D eigenvalue weighted by atomic mass is 16.5. The van der Waals surface area contributed by atoms with E-state index in [0.29, 0.717) is 11.5 Å². The van der Waals surface area contributed by atoms with E-state index < -0.39 is 0 Å². The topological polar surface area (TPSA) is 27.7 Å². The lowest BCUT2D eigenvalue weighted by Crippen LogP contribution is -1.88. The third-order valence-corrected chi connectivity index (χ3v) is 4.96. The van der Waals surface area contributed by atoms with Crippen molar-refractivity contribution in [2.24, 2.45) is 0 Å². The number of fused-ring (bicyclic) bond motifs is 1. The van der Waals surface area contributed by atoms with Gasteiger partial charge in [-0.05, 0) is 65.4 Å². The van der Waals surface area contributed by atoms with E-state index in [0.717, 1.165) is 38.8 Å². The van der Waals surface area contributed by atoms with E-state index in [1.165, 1.54) is 0 Å². The number of benzene rings is 4. The highest BCUT2D eigenvalue weighted by Gasteiger charge is 2.00. The van der Waals surface area contributed by atoms with Gasteiger partial charge in [0, 0.05) is 28.3 Å². The van der Waals surface area contributed by atoms with Crippen molar-refractivity contribution in [3.63, 3.8) is 0 Å². The summed E-state index contributed by atoms with van der Waals surface area (Å²) in [5, 5.41) is 2.24. The Bertz CT molecular complexity index is 1370. The minimum atomic E-state index is 0.714. The molecule has 156 valence electrons. The summed E-state index contributed by atoms with van der Waals surface area (Å²) in [6.45, 7) is 0. The summed E-state index contributed by atoms with van der Waals surface area (Å²) < 4.78 is 15.9. The van der Waals surface area contributed by atoms with Crippen LogP contribution in [0.1, 0.15) is 22.3 Å². The van der Waals surface area contributed by atoms with Gasteiger partial charge in [0.25, 0.3) is 0 Å². The summed E-state index contributed by atoms with van der Waals surface area (Å²) in [6, 6.07) is 25.7. The number of hydrogen-bond acceptors (Lipinski definition) is 3. The van der Waals surface area contributed by atoms with Crippen LogP contribution in [0.2, 0.25) is 0 Å². The maximum Gasteiger partial charge on any atom is 0.123 e. The number of ether oxygens (including phenoxy) is 3. The van der Waals surface area contributed by atoms with Crippen molar-refractivity contribution in [1.29, 1.82) is 0 Å². The zero-order valence-corrected chi connectivity index (χ0v) is 18.2. The first-order chi connectivity index (χ1) is 15.7. The molecule has 0 aliphatic carbocycles. The molecule has 0 saturated heterocycles. The molecule has 32 heavy (non-hydrogen) atoms. The number of methoxy groups -OCH3 is 3. The molecule has 0 fully saturated rings. The van der Waals surface area contributed by atoms with Crippen molar-refractivity contribution >= 4 is 10.8 Å². The lowest BCUT2D eigenvalue weighted by Gasteiger charge is -2.04. The molecule has 0 N–H and O–H groups in total. The lowest BCUT2D eigenvalue weighted by atomic mass is 10.0. The van der Waals surface area contributed by atoms with E-state index in [1.807, 2.05) is 54.6 Å². The average molecular weight is 418 g/mol. The van der Waals surface area contributed by atoms with Crippen molar-refractivity contribution in [2.45, 2.75) is 0 Å². The van der Waals surface area contributed by atoms with Crippen molar-refractivity contribution in [3.05, 3.63) is 101 Å².